The third-order valence-corrected chi connectivity index (χ3v) is 10.7. The van der Waals surface area contributed by atoms with Crippen LogP contribution in [0.2, 0.25) is 0 Å². The summed E-state index contributed by atoms with van der Waals surface area (Å²) >= 11 is 0. The molecule has 0 saturated heterocycles. The van der Waals surface area contributed by atoms with Crippen molar-refractivity contribution in [3.8, 4) is 0 Å². The van der Waals surface area contributed by atoms with Crippen molar-refractivity contribution in [3.63, 3.8) is 0 Å². The summed E-state index contributed by atoms with van der Waals surface area (Å²) in [4.78, 5) is 59.8. The van der Waals surface area contributed by atoms with Gasteiger partial charge in [0.05, 0.1) is 21.2 Å². The number of hydrogen-bond acceptors (Lipinski definition) is 18. The molecule has 0 fully saturated rings. The van der Waals surface area contributed by atoms with E-state index in [0.29, 0.717) is 35.9 Å². The van der Waals surface area contributed by atoms with Crippen LogP contribution in [0.5, 0.6) is 0 Å². The molecule has 0 atom stereocenters. The normalized spacial score (nSPS) is 18.6. The average molecular weight is 813 g/mol. The first-order chi connectivity index (χ1) is 24.7. The second-order valence-electron chi connectivity index (χ2n) is 10.4. The van der Waals surface area contributed by atoms with Gasteiger partial charge < -0.3 is 9.80 Å². The molecule has 20 nitrogen and oxygen atoms in total. The minimum Gasteiger partial charge on any atom is -0.308 e. The molecular formula is C30H30N10NiO10S2+2. The smallest absolute Gasteiger partial charge is 0.308 e. The van der Waals surface area contributed by atoms with Gasteiger partial charge in [-0.25, -0.2) is 16.8 Å². The predicted molar refractivity (Wildman–Crippen MR) is 185 cm³/mol. The molecule has 0 spiro atoms. The Morgan fingerprint density at radius 1 is 0.642 bits per heavy atom. The summed E-state index contributed by atoms with van der Waals surface area (Å²) in [6.07, 6.45) is 2.93. The standard InChI is InChI=1S/2C14H15N5O3S.2CO2.Ni/c2*1-3-9-8-12(16-15-9)17-18-13-14(20)19(2)10-6-4-5-7-11(10)23(13,21)22;2*2-1-3;/h2*4-7H,3,8H2,1-2H3,(H,16,17);;;/q;;;;+2. The van der Waals surface area contributed by atoms with E-state index in [9.17, 15) is 26.4 Å². The minimum atomic E-state index is -3.97. The quantitative estimate of drug-likeness (QED) is 0.318. The number of amides is 2. The Kier molecular flexibility index (Phi) is 15.6. The summed E-state index contributed by atoms with van der Waals surface area (Å²) in [5, 5.41) is 22.1. The van der Waals surface area contributed by atoms with E-state index in [1.807, 2.05) is 13.8 Å². The minimum absolute atomic E-state index is 0. The summed E-state index contributed by atoms with van der Waals surface area (Å²) in [6.45, 7) is 3.90. The van der Waals surface area contributed by atoms with Crippen molar-refractivity contribution in [2.75, 3.05) is 23.9 Å². The number of anilines is 2. The van der Waals surface area contributed by atoms with Crippen LogP contribution in [0.15, 0.2) is 88.9 Å². The topological polar surface area (TPSA) is 275 Å². The Morgan fingerprint density at radius 3 is 1.26 bits per heavy atom. The van der Waals surface area contributed by atoms with Crippen LogP contribution in [0.1, 0.15) is 39.5 Å². The Balaban J connectivity index is 0.000000314. The molecule has 2 N–H and O–H groups in total. The second kappa shape index (κ2) is 19.1. The molecule has 0 bridgehead atoms. The molecule has 4 heterocycles. The van der Waals surface area contributed by atoms with Crippen molar-refractivity contribution >= 4 is 88.3 Å². The molecule has 2 aromatic rings. The number of sulfone groups is 2. The Bertz CT molecular complexity index is 2080. The molecule has 6 rings (SSSR count). The maximum atomic E-state index is 12.6. The van der Waals surface area contributed by atoms with Gasteiger partial charge in [0, 0.05) is 38.4 Å². The fraction of sp³-hybridized carbons (Fsp3) is 0.267. The number of nitrogens with zero attached hydrogens (tertiary/aromatic N) is 8. The second-order valence-corrected chi connectivity index (χ2v) is 14.0. The maximum absolute atomic E-state index is 12.6. The fourth-order valence-electron chi connectivity index (χ4n) is 4.62. The number of nitrogens with one attached hydrogen (secondary N) is 2. The van der Waals surface area contributed by atoms with Crippen LogP contribution in [0, 0.1) is 0 Å². The SMILES string of the molecule is CCC1=NN=C(NN=C2C(=O)N(C)c3ccccc3S2(=O)=O)C1.CCC1=NN=C(NN=C2C(=O)N(C)c3ccccc3S2(=O)=O)C1.O=C=O.O=C=O.[Ni+2]. The molecule has 4 aliphatic heterocycles. The van der Waals surface area contributed by atoms with Gasteiger partial charge in [0.1, 0.15) is 0 Å². The van der Waals surface area contributed by atoms with Gasteiger partial charge in [-0.1, -0.05) is 38.1 Å². The van der Waals surface area contributed by atoms with Gasteiger partial charge in [-0.15, -0.1) is 10.2 Å². The zero-order valence-corrected chi connectivity index (χ0v) is 30.9. The average Bonchev–Trinajstić information content (AvgIpc) is 3.80. The third-order valence-electron chi connectivity index (χ3n) is 7.27. The molecule has 0 unspecified atom stereocenters. The zero-order valence-electron chi connectivity index (χ0n) is 28.2. The zero-order chi connectivity index (χ0) is 38.6. The number of benzene rings is 2. The van der Waals surface area contributed by atoms with Crippen molar-refractivity contribution in [2.24, 2.45) is 30.6 Å². The Labute approximate surface area is 312 Å². The molecule has 0 aromatic heterocycles. The van der Waals surface area contributed by atoms with E-state index in [1.165, 1.54) is 36.0 Å². The summed E-state index contributed by atoms with van der Waals surface area (Å²) in [6, 6.07) is 12.6. The molecule has 0 saturated carbocycles. The van der Waals surface area contributed by atoms with Crippen LogP contribution in [-0.2, 0) is 64.9 Å². The third kappa shape index (κ3) is 9.73. The molecule has 0 radical (unpaired) electrons. The van der Waals surface area contributed by atoms with E-state index in [1.54, 1.807) is 36.4 Å². The Hall–Kier alpha value is -5.85. The van der Waals surface area contributed by atoms with Crippen LogP contribution >= 0.6 is 0 Å². The van der Waals surface area contributed by atoms with Gasteiger partial charge in [-0.05, 0) is 37.1 Å². The van der Waals surface area contributed by atoms with Crippen LogP contribution in [0.4, 0.5) is 11.4 Å². The first-order valence-electron chi connectivity index (χ1n) is 14.9. The number of hydrogen-bond donors (Lipinski definition) is 2. The van der Waals surface area contributed by atoms with Crippen LogP contribution in [0.25, 0.3) is 0 Å². The summed E-state index contributed by atoms with van der Waals surface area (Å²) in [5.74, 6) is -0.546. The summed E-state index contributed by atoms with van der Waals surface area (Å²) in [5.41, 5.74) is 7.51. The number of amidine groups is 2. The molecule has 4 aliphatic rings. The van der Waals surface area contributed by atoms with E-state index in [-0.39, 0.29) is 38.6 Å². The molecule has 0 aliphatic carbocycles. The number of carbonyl (C=O) groups is 2. The Morgan fingerprint density at radius 2 is 0.962 bits per heavy atom. The number of rotatable bonds is 4. The van der Waals surface area contributed by atoms with Gasteiger partial charge in [0.15, 0.2) is 11.7 Å². The molecule has 23 heteroatoms. The van der Waals surface area contributed by atoms with Gasteiger partial charge in [0.2, 0.25) is 29.8 Å². The summed E-state index contributed by atoms with van der Waals surface area (Å²) < 4.78 is 50.4. The van der Waals surface area contributed by atoms with Gasteiger partial charge in [0.25, 0.3) is 11.8 Å². The van der Waals surface area contributed by atoms with Crippen molar-refractivity contribution in [1.29, 1.82) is 0 Å². The van der Waals surface area contributed by atoms with Gasteiger partial charge in [-0.2, -0.15) is 39.6 Å². The van der Waals surface area contributed by atoms with Crippen molar-refractivity contribution in [1.82, 2.24) is 10.9 Å². The van der Waals surface area contributed by atoms with E-state index in [0.717, 1.165) is 24.3 Å². The van der Waals surface area contributed by atoms with Crippen LogP contribution < -0.4 is 20.7 Å². The van der Waals surface area contributed by atoms with Crippen molar-refractivity contribution < 1.29 is 62.1 Å². The van der Waals surface area contributed by atoms with Crippen molar-refractivity contribution in [2.45, 2.75) is 49.3 Å². The first kappa shape index (κ1) is 43.3. The summed E-state index contributed by atoms with van der Waals surface area (Å²) in [7, 11) is -4.92. The molecule has 2 amide bonds. The molecule has 280 valence electrons. The number of carbonyl (C=O) groups excluding carboxylic acids is 6. The van der Waals surface area contributed by atoms with E-state index < -0.39 is 41.6 Å². The van der Waals surface area contributed by atoms with Crippen LogP contribution in [0.3, 0.4) is 0 Å². The number of hydrazone groups is 2. The predicted octanol–water partition coefficient (Wildman–Crippen LogP) is 0.647. The van der Waals surface area contributed by atoms with Gasteiger partial charge >= 0.3 is 28.8 Å². The largest absolute Gasteiger partial charge is 2.00 e. The molecular weight excluding hydrogens is 783 g/mol. The molecule has 2 aromatic carbocycles. The number of para-hydroxylation sites is 2. The number of fused-ring (bicyclic) bond motifs is 2. The van der Waals surface area contributed by atoms with E-state index in [4.69, 9.17) is 19.2 Å². The van der Waals surface area contributed by atoms with Gasteiger partial charge in [-0.3, -0.25) is 20.4 Å². The monoisotopic (exact) mass is 812 g/mol. The van der Waals surface area contributed by atoms with E-state index in [2.05, 4.69) is 41.5 Å². The van der Waals surface area contributed by atoms with Crippen molar-refractivity contribution in [3.05, 3.63) is 48.5 Å². The van der Waals surface area contributed by atoms with Crippen LogP contribution in [-0.4, -0.2) is 88.2 Å². The van der Waals surface area contributed by atoms with E-state index >= 15 is 0 Å². The maximum Gasteiger partial charge on any atom is 2.00 e. The first-order valence-corrected chi connectivity index (χ1v) is 17.8. The fourth-order valence-corrected chi connectivity index (χ4v) is 7.58. The molecule has 53 heavy (non-hydrogen) atoms.